The smallest absolute Gasteiger partial charge is 0.300 e. The standard InChI is InChI=1S/C17H14BrF2N3O5/c1-17(26,7-24)28-23-15(25)8-4-11(20)14-13(5-8)27-16(22-14)21-12-3-2-9(18)6-10(12)19/h2-6,24,26H,7H2,1H3,(H,21,22)(H,23,25). The van der Waals surface area contributed by atoms with Gasteiger partial charge in [0, 0.05) is 10.0 Å². The van der Waals surface area contributed by atoms with Gasteiger partial charge in [-0.2, -0.15) is 4.98 Å². The molecule has 1 atom stereocenters. The molecule has 0 saturated carbocycles. The third-order valence-electron chi connectivity index (χ3n) is 3.54. The van der Waals surface area contributed by atoms with Crippen molar-refractivity contribution in [2.24, 2.45) is 0 Å². The highest BCUT2D eigenvalue weighted by Gasteiger charge is 2.23. The van der Waals surface area contributed by atoms with E-state index >= 15 is 0 Å². The number of carbonyl (C=O) groups excluding carboxylic acids is 1. The largest absolute Gasteiger partial charge is 0.423 e. The maximum Gasteiger partial charge on any atom is 0.300 e. The fraction of sp³-hybridized carbons (Fsp3) is 0.176. The molecule has 0 radical (unpaired) electrons. The number of anilines is 2. The second kappa shape index (κ2) is 7.80. The van der Waals surface area contributed by atoms with Crippen LogP contribution in [0.1, 0.15) is 17.3 Å². The summed E-state index contributed by atoms with van der Waals surface area (Å²) in [6.07, 6.45) is 0. The molecule has 2 aromatic carbocycles. The summed E-state index contributed by atoms with van der Waals surface area (Å²) in [4.78, 5) is 20.6. The van der Waals surface area contributed by atoms with Crippen LogP contribution >= 0.6 is 15.9 Å². The molecule has 1 amide bonds. The highest BCUT2D eigenvalue weighted by atomic mass is 79.9. The molecule has 0 spiro atoms. The van der Waals surface area contributed by atoms with Gasteiger partial charge in [0.05, 0.1) is 12.3 Å². The molecule has 11 heteroatoms. The van der Waals surface area contributed by atoms with Crippen molar-refractivity contribution >= 4 is 44.6 Å². The zero-order valence-electron chi connectivity index (χ0n) is 14.3. The number of aromatic nitrogens is 1. The molecule has 1 unspecified atom stereocenters. The van der Waals surface area contributed by atoms with Crippen LogP contribution in [0.4, 0.5) is 20.5 Å². The maximum absolute atomic E-state index is 14.3. The summed E-state index contributed by atoms with van der Waals surface area (Å²) < 4.78 is 34.1. The van der Waals surface area contributed by atoms with Crippen molar-refractivity contribution in [3.63, 3.8) is 0 Å². The summed E-state index contributed by atoms with van der Waals surface area (Å²) in [5.41, 5.74) is 1.54. The lowest BCUT2D eigenvalue weighted by atomic mass is 10.2. The van der Waals surface area contributed by atoms with Crippen LogP contribution in [0.25, 0.3) is 11.1 Å². The van der Waals surface area contributed by atoms with Gasteiger partial charge in [-0.15, -0.1) is 0 Å². The minimum absolute atomic E-state index is 0.0627. The van der Waals surface area contributed by atoms with E-state index in [4.69, 9.17) is 9.52 Å². The van der Waals surface area contributed by atoms with E-state index in [1.165, 1.54) is 18.2 Å². The van der Waals surface area contributed by atoms with Crippen molar-refractivity contribution in [2.75, 3.05) is 11.9 Å². The van der Waals surface area contributed by atoms with Gasteiger partial charge in [-0.3, -0.25) is 4.79 Å². The Balaban J connectivity index is 1.84. The van der Waals surface area contributed by atoms with Crippen molar-refractivity contribution in [3.8, 4) is 0 Å². The molecule has 3 aromatic rings. The van der Waals surface area contributed by atoms with E-state index in [9.17, 15) is 18.7 Å². The molecular weight excluding hydrogens is 444 g/mol. The van der Waals surface area contributed by atoms with E-state index in [1.807, 2.05) is 5.48 Å². The van der Waals surface area contributed by atoms with Crippen molar-refractivity contribution in [1.29, 1.82) is 0 Å². The molecule has 1 aromatic heterocycles. The highest BCUT2D eigenvalue weighted by molar-refractivity contribution is 9.10. The van der Waals surface area contributed by atoms with Crippen LogP contribution in [0.3, 0.4) is 0 Å². The zero-order valence-corrected chi connectivity index (χ0v) is 15.9. The number of hydrogen-bond donors (Lipinski definition) is 4. The van der Waals surface area contributed by atoms with Gasteiger partial charge in [-0.25, -0.2) is 19.1 Å². The van der Waals surface area contributed by atoms with Crippen LogP contribution in [0, 0.1) is 11.6 Å². The quantitative estimate of drug-likeness (QED) is 0.332. The summed E-state index contributed by atoms with van der Waals surface area (Å²) in [5, 5.41) is 21.0. The molecule has 0 fully saturated rings. The number of aliphatic hydroxyl groups is 2. The molecule has 0 bridgehead atoms. The summed E-state index contributed by atoms with van der Waals surface area (Å²) in [5.74, 6) is -4.33. The first-order chi connectivity index (χ1) is 13.2. The number of aliphatic hydroxyl groups excluding tert-OH is 1. The molecule has 0 aliphatic heterocycles. The van der Waals surface area contributed by atoms with E-state index in [2.05, 4.69) is 31.1 Å². The number of nitrogens with zero attached hydrogens (tertiary/aromatic N) is 1. The van der Waals surface area contributed by atoms with Gasteiger partial charge in [0.25, 0.3) is 11.9 Å². The number of oxazole rings is 1. The summed E-state index contributed by atoms with van der Waals surface area (Å²) in [6.45, 7) is 0.344. The monoisotopic (exact) mass is 457 g/mol. The topological polar surface area (TPSA) is 117 Å². The third-order valence-corrected chi connectivity index (χ3v) is 4.03. The Hall–Kier alpha value is -2.60. The van der Waals surface area contributed by atoms with Crippen molar-refractivity contribution in [2.45, 2.75) is 12.7 Å². The van der Waals surface area contributed by atoms with Gasteiger partial charge in [0.15, 0.2) is 11.4 Å². The predicted octanol–water partition coefficient (Wildman–Crippen LogP) is 2.97. The lowest BCUT2D eigenvalue weighted by molar-refractivity contribution is -0.235. The number of hydrogen-bond acceptors (Lipinski definition) is 7. The van der Waals surface area contributed by atoms with Gasteiger partial charge in [-0.05, 0) is 37.3 Å². The van der Waals surface area contributed by atoms with Crippen LogP contribution < -0.4 is 10.8 Å². The van der Waals surface area contributed by atoms with Crippen LogP contribution in [0.15, 0.2) is 39.2 Å². The van der Waals surface area contributed by atoms with E-state index in [-0.39, 0.29) is 28.4 Å². The summed E-state index contributed by atoms with van der Waals surface area (Å²) in [7, 11) is 0. The van der Waals surface area contributed by atoms with Crippen molar-refractivity contribution in [1.82, 2.24) is 10.5 Å². The number of rotatable bonds is 6. The molecule has 0 aliphatic rings. The molecule has 3 rings (SSSR count). The Morgan fingerprint density at radius 2 is 2.07 bits per heavy atom. The Morgan fingerprint density at radius 3 is 2.75 bits per heavy atom. The number of amides is 1. The molecular formula is C17H14BrF2N3O5. The molecule has 4 N–H and O–H groups in total. The average molecular weight is 458 g/mol. The Kier molecular flexibility index (Phi) is 5.61. The fourth-order valence-electron chi connectivity index (χ4n) is 2.13. The number of benzene rings is 2. The van der Waals surface area contributed by atoms with Gasteiger partial charge < -0.3 is 19.9 Å². The molecule has 8 nitrogen and oxygen atoms in total. The SMILES string of the molecule is CC(O)(CO)ONC(=O)c1cc(F)c2nc(Nc3ccc(Br)cc3F)oc2c1. The number of halogens is 3. The van der Waals surface area contributed by atoms with Crippen LogP contribution in [0.2, 0.25) is 0 Å². The number of hydroxylamine groups is 1. The minimum Gasteiger partial charge on any atom is -0.423 e. The van der Waals surface area contributed by atoms with Crippen molar-refractivity contribution < 1.29 is 33.0 Å². The molecule has 28 heavy (non-hydrogen) atoms. The van der Waals surface area contributed by atoms with Crippen LogP contribution in [0.5, 0.6) is 0 Å². The predicted molar refractivity (Wildman–Crippen MR) is 97.6 cm³/mol. The van der Waals surface area contributed by atoms with Gasteiger partial charge in [0.2, 0.25) is 5.79 Å². The van der Waals surface area contributed by atoms with E-state index in [1.54, 1.807) is 6.07 Å². The van der Waals surface area contributed by atoms with Gasteiger partial charge in [0.1, 0.15) is 11.3 Å². The zero-order chi connectivity index (χ0) is 20.5. The second-order valence-corrected chi connectivity index (χ2v) is 6.86. The maximum atomic E-state index is 14.3. The van der Waals surface area contributed by atoms with Gasteiger partial charge in [-0.1, -0.05) is 15.9 Å². The van der Waals surface area contributed by atoms with Crippen LogP contribution in [-0.2, 0) is 4.84 Å². The van der Waals surface area contributed by atoms with E-state index in [0.717, 1.165) is 13.0 Å². The second-order valence-electron chi connectivity index (χ2n) is 5.94. The molecule has 1 heterocycles. The Morgan fingerprint density at radius 1 is 1.32 bits per heavy atom. The van der Waals surface area contributed by atoms with Gasteiger partial charge >= 0.3 is 0 Å². The number of carbonyl (C=O) groups is 1. The lowest BCUT2D eigenvalue weighted by Gasteiger charge is -2.20. The van der Waals surface area contributed by atoms with Crippen LogP contribution in [-0.4, -0.2) is 33.5 Å². The number of fused-ring (bicyclic) bond motifs is 1. The summed E-state index contributed by atoms with van der Waals surface area (Å²) in [6, 6.07) is 6.18. The highest BCUT2D eigenvalue weighted by Crippen LogP contribution is 2.27. The van der Waals surface area contributed by atoms with Crippen molar-refractivity contribution in [3.05, 3.63) is 52.0 Å². The minimum atomic E-state index is -2.00. The normalized spacial score (nSPS) is 13.4. The van der Waals surface area contributed by atoms with E-state index in [0.29, 0.717) is 4.47 Å². The average Bonchev–Trinajstić information content (AvgIpc) is 3.05. The fourth-order valence-corrected chi connectivity index (χ4v) is 2.46. The first kappa shape index (κ1) is 20.1. The lowest BCUT2D eigenvalue weighted by Crippen LogP contribution is -2.40. The van der Waals surface area contributed by atoms with E-state index < -0.39 is 29.9 Å². The number of nitrogens with one attached hydrogen (secondary N) is 2. The molecule has 0 aliphatic carbocycles. The summed E-state index contributed by atoms with van der Waals surface area (Å²) >= 11 is 3.14. The first-order valence-corrected chi connectivity index (χ1v) is 8.61. The molecule has 148 valence electrons. The third kappa shape index (κ3) is 4.44. The Bertz CT molecular complexity index is 1040. The molecule has 0 saturated heterocycles. The Labute approximate surface area is 165 Å². The first-order valence-electron chi connectivity index (χ1n) is 7.82.